The number of carbonyl (C=O) groups is 1. The maximum atomic E-state index is 13.3. The predicted molar refractivity (Wildman–Crippen MR) is 149 cm³/mol. The van der Waals surface area contributed by atoms with Crippen molar-refractivity contribution < 1.29 is 19.2 Å². The third-order valence-electron chi connectivity index (χ3n) is 7.05. The number of rotatable bonds is 7. The molecule has 0 saturated carbocycles. The Kier molecular flexibility index (Phi) is 7.30. The Morgan fingerprint density at radius 3 is 2.58 bits per heavy atom. The highest BCUT2D eigenvalue weighted by atomic mass is 79.9. The maximum absolute atomic E-state index is 13.3. The number of ether oxygens (including phenoxy) is 2. The van der Waals surface area contributed by atoms with Crippen LogP contribution < -0.4 is 20.1 Å². The topological polar surface area (TPSA) is 103 Å². The van der Waals surface area contributed by atoms with Gasteiger partial charge in [0.25, 0.3) is 11.9 Å². The van der Waals surface area contributed by atoms with Gasteiger partial charge < -0.3 is 14.8 Å². The van der Waals surface area contributed by atoms with Crippen molar-refractivity contribution in [2.24, 2.45) is 0 Å². The molecule has 2 aliphatic rings. The number of amides is 1. The summed E-state index contributed by atoms with van der Waals surface area (Å²) in [6.45, 7) is 4.26. The molecule has 3 aromatic carbocycles. The van der Waals surface area contributed by atoms with Gasteiger partial charge in [-0.05, 0) is 71.2 Å². The summed E-state index contributed by atoms with van der Waals surface area (Å²) >= 11 is 15.7. The van der Waals surface area contributed by atoms with Crippen molar-refractivity contribution in [3.63, 3.8) is 0 Å². The average molecular weight is 621 g/mol. The van der Waals surface area contributed by atoms with E-state index in [1.165, 1.54) is 0 Å². The van der Waals surface area contributed by atoms with E-state index in [0.29, 0.717) is 49.4 Å². The number of nitro groups is 1. The highest BCUT2D eigenvalue weighted by Gasteiger charge is 2.67. The van der Waals surface area contributed by atoms with Crippen LogP contribution in [0, 0.1) is 10.1 Å². The fourth-order valence-electron chi connectivity index (χ4n) is 5.52. The third-order valence-corrected chi connectivity index (χ3v) is 8.38. The van der Waals surface area contributed by atoms with Crippen LogP contribution in [0.5, 0.6) is 11.5 Å². The molecule has 1 fully saturated rings. The molecule has 1 amide bonds. The quantitative estimate of drug-likeness (QED) is 0.237. The third kappa shape index (κ3) is 4.41. The largest absolute Gasteiger partial charge is 0.490 e. The van der Waals surface area contributed by atoms with E-state index in [2.05, 4.69) is 26.6 Å². The second-order valence-electron chi connectivity index (χ2n) is 9.30. The van der Waals surface area contributed by atoms with Gasteiger partial charge in [-0.2, -0.15) is 0 Å². The van der Waals surface area contributed by atoms with Gasteiger partial charge in [0, 0.05) is 22.2 Å². The van der Waals surface area contributed by atoms with Gasteiger partial charge in [0.15, 0.2) is 17.0 Å². The molecule has 198 valence electrons. The molecule has 1 saturated heterocycles. The molecule has 0 aromatic heterocycles. The molecule has 2 aliphatic heterocycles. The Labute approximate surface area is 237 Å². The van der Waals surface area contributed by atoms with Gasteiger partial charge >= 0.3 is 0 Å². The average Bonchev–Trinajstić information content (AvgIpc) is 3.34. The zero-order valence-electron chi connectivity index (χ0n) is 20.5. The summed E-state index contributed by atoms with van der Waals surface area (Å²) in [5.41, 5.74) is 1.12. The fourth-order valence-corrected chi connectivity index (χ4v) is 6.42. The smallest absolute Gasteiger partial charge is 0.256 e. The van der Waals surface area contributed by atoms with Gasteiger partial charge in [0.2, 0.25) is 0 Å². The van der Waals surface area contributed by atoms with Crippen LogP contribution >= 0.6 is 39.1 Å². The minimum atomic E-state index is -1.49. The Hall–Kier alpha value is -2.85. The SMILES string of the molecule is CCOc1cc([C@@H]2[C@H](C)N[C@]3(C(=O)Nc4ccccc43)[C@@H]2[N+](=O)[O-])cc(Br)c1OCc1ccc(Cl)c(Cl)c1. The Bertz CT molecular complexity index is 1440. The molecule has 0 radical (unpaired) electrons. The van der Waals surface area contributed by atoms with E-state index in [1.807, 2.05) is 19.9 Å². The van der Waals surface area contributed by atoms with Gasteiger partial charge in [-0.1, -0.05) is 47.5 Å². The van der Waals surface area contributed by atoms with Crippen LogP contribution in [0.4, 0.5) is 5.69 Å². The molecular formula is C27H24BrCl2N3O5. The lowest BCUT2D eigenvalue weighted by Crippen LogP contribution is -2.54. The second-order valence-corrected chi connectivity index (χ2v) is 11.0. The van der Waals surface area contributed by atoms with Crippen molar-refractivity contribution in [1.29, 1.82) is 0 Å². The van der Waals surface area contributed by atoms with Crippen molar-refractivity contribution in [2.75, 3.05) is 11.9 Å². The van der Waals surface area contributed by atoms with Gasteiger partial charge in [0.05, 0.1) is 27.0 Å². The van der Waals surface area contributed by atoms with Crippen LogP contribution in [0.1, 0.15) is 36.5 Å². The molecule has 11 heteroatoms. The van der Waals surface area contributed by atoms with Gasteiger partial charge in [0.1, 0.15) is 6.61 Å². The molecule has 2 heterocycles. The Morgan fingerprint density at radius 2 is 1.87 bits per heavy atom. The first-order valence-electron chi connectivity index (χ1n) is 12.0. The number of halogens is 3. The summed E-state index contributed by atoms with van der Waals surface area (Å²) in [5.74, 6) is -0.179. The van der Waals surface area contributed by atoms with Crippen LogP contribution in [0.2, 0.25) is 10.0 Å². The second kappa shape index (κ2) is 10.4. The predicted octanol–water partition coefficient (Wildman–Crippen LogP) is 6.30. The van der Waals surface area contributed by atoms with E-state index in [1.54, 1.807) is 48.5 Å². The molecule has 8 nitrogen and oxygen atoms in total. The molecule has 0 aliphatic carbocycles. The Morgan fingerprint density at radius 1 is 1.11 bits per heavy atom. The molecule has 0 bridgehead atoms. The lowest BCUT2D eigenvalue weighted by atomic mass is 9.78. The number of para-hydroxylation sites is 1. The number of hydrogen-bond donors (Lipinski definition) is 2. The molecular weight excluding hydrogens is 597 g/mol. The van der Waals surface area contributed by atoms with Crippen molar-refractivity contribution >= 4 is 50.7 Å². The van der Waals surface area contributed by atoms with E-state index in [9.17, 15) is 14.9 Å². The lowest BCUT2D eigenvalue weighted by molar-refractivity contribution is -0.532. The van der Waals surface area contributed by atoms with Crippen molar-refractivity contribution in [1.82, 2.24) is 5.32 Å². The molecule has 5 rings (SSSR count). The van der Waals surface area contributed by atoms with Crippen LogP contribution in [0.3, 0.4) is 0 Å². The molecule has 2 N–H and O–H groups in total. The summed E-state index contributed by atoms with van der Waals surface area (Å²) < 4.78 is 12.6. The van der Waals surface area contributed by atoms with E-state index in [4.69, 9.17) is 32.7 Å². The minimum absolute atomic E-state index is 0.202. The van der Waals surface area contributed by atoms with Gasteiger partial charge in [-0.3, -0.25) is 20.2 Å². The molecule has 38 heavy (non-hydrogen) atoms. The van der Waals surface area contributed by atoms with Crippen molar-refractivity contribution in [2.45, 2.75) is 44.0 Å². The number of benzene rings is 3. The molecule has 1 spiro atoms. The molecule has 3 aromatic rings. The zero-order chi connectivity index (χ0) is 27.2. The number of fused-ring (bicyclic) bond motifs is 2. The maximum Gasteiger partial charge on any atom is 0.256 e. The highest BCUT2D eigenvalue weighted by molar-refractivity contribution is 9.10. The van der Waals surface area contributed by atoms with Crippen LogP contribution in [-0.2, 0) is 16.9 Å². The lowest BCUT2D eigenvalue weighted by Gasteiger charge is -2.26. The summed E-state index contributed by atoms with van der Waals surface area (Å²) in [5, 5.41) is 19.6. The van der Waals surface area contributed by atoms with E-state index in [0.717, 1.165) is 5.56 Å². The number of hydrogen-bond acceptors (Lipinski definition) is 6. The first-order chi connectivity index (χ1) is 18.2. The monoisotopic (exact) mass is 619 g/mol. The summed E-state index contributed by atoms with van der Waals surface area (Å²) in [4.78, 5) is 25.6. The van der Waals surface area contributed by atoms with E-state index < -0.39 is 29.4 Å². The standard InChI is InChI=1S/C27H24BrCl2N3O5/c1-3-37-22-12-16(11-18(28)24(22)38-13-15-8-9-19(29)20(30)10-15)23-14(2)32-27(25(23)33(35)36)17-6-4-5-7-21(17)31-26(27)34/h4-12,14,23,25,32H,3,13H2,1-2H3,(H,31,34)/t14-,23-,25+,27-/m0/s1. The Balaban J connectivity index is 1.53. The minimum Gasteiger partial charge on any atom is -0.490 e. The van der Waals surface area contributed by atoms with Crippen LogP contribution in [0.15, 0.2) is 59.1 Å². The summed E-state index contributed by atoms with van der Waals surface area (Å²) in [6.07, 6.45) is 0. The number of nitrogens with zero attached hydrogens (tertiary/aromatic N) is 1. The van der Waals surface area contributed by atoms with Crippen LogP contribution in [-0.4, -0.2) is 29.5 Å². The number of anilines is 1. The zero-order valence-corrected chi connectivity index (χ0v) is 23.6. The van der Waals surface area contributed by atoms with Crippen molar-refractivity contribution in [3.8, 4) is 11.5 Å². The van der Waals surface area contributed by atoms with Gasteiger partial charge in [-0.15, -0.1) is 0 Å². The summed E-state index contributed by atoms with van der Waals surface area (Å²) in [7, 11) is 0. The van der Waals surface area contributed by atoms with Crippen molar-refractivity contribution in [3.05, 3.63) is 95.9 Å². The first kappa shape index (κ1) is 26.7. The fraction of sp³-hybridized carbons (Fsp3) is 0.296. The highest BCUT2D eigenvalue weighted by Crippen LogP contribution is 2.51. The van der Waals surface area contributed by atoms with E-state index in [-0.39, 0.29) is 11.5 Å². The summed E-state index contributed by atoms with van der Waals surface area (Å²) in [6, 6.07) is 14.2. The van der Waals surface area contributed by atoms with Crippen LogP contribution in [0.25, 0.3) is 0 Å². The first-order valence-corrected chi connectivity index (χ1v) is 13.6. The van der Waals surface area contributed by atoms with E-state index >= 15 is 0 Å². The number of carbonyl (C=O) groups excluding carboxylic acids is 1. The molecule has 4 atom stereocenters. The normalized spacial score (nSPS) is 23.8. The number of nitrogens with one attached hydrogen (secondary N) is 2. The molecule has 0 unspecified atom stereocenters. The van der Waals surface area contributed by atoms with Gasteiger partial charge in [-0.25, -0.2) is 0 Å².